The van der Waals surface area contributed by atoms with Gasteiger partial charge in [0.05, 0.1) is 18.7 Å². The number of thiazole rings is 1. The van der Waals surface area contributed by atoms with Crippen molar-refractivity contribution in [2.75, 3.05) is 39.8 Å². The minimum atomic E-state index is -4.74. The van der Waals surface area contributed by atoms with Crippen LogP contribution in [-0.4, -0.2) is 106 Å². The SMILES string of the molecule is CCN(CCCCCOc1cccc(C(=O)c2csc([C@@H]3CCCN3C(=O)C(NC(=O)C(C)NC)C3CCCCC3)n2)c1)CC(C)NC(=O)c1ccc(-c2noc(C(F)(F)F)n2)cc1. The lowest BCUT2D eigenvalue weighted by molar-refractivity contribution is -0.159. The summed E-state index contributed by atoms with van der Waals surface area (Å²) < 4.78 is 48.8. The molecule has 1 aliphatic heterocycles. The first kappa shape index (κ1) is 48.3. The van der Waals surface area contributed by atoms with Gasteiger partial charge in [0.1, 0.15) is 22.5 Å². The number of carbonyl (C=O) groups is 4. The second kappa shape index (κ2) is 22.6. The Labute approximate surface area is 376 Å². The highest BCUT2D eigenvalue weighted by Crippen LogP contribution is 2.37. The highest BCUT2D eigenvalue weighted by Gasteiger charge is 2.41. The van der Waals surface area contributed by atoms with E-state index in [-0.39, 0.29) is 47.3 Å². The summed E-state index contributed by atoms with van der Waals surface area (Å²) in [5.74, 6) is -1.73. The van der Waals surface area contributed by atoms with E-state index < -0.39 is 24.2 Å². The molecule has 2 aromatic carbocycles. The smallest absolute Gasteiger partial charge is 0.471 e. The number of ketones is 1. The zero-order valence-corrected chi connectivity index (χ0v) is 37.7. The maximum absolute atomic E-state index is 14.2. The lowest BCUT2D eigenvalue weighted by Crippen LogP contribution is -2.55. The molecular weight excluding hydrogens is 850 g/mol. The summed E-state index contributed by atoms with van der Waals surface area (Å²) in [6.07, 6.45) is 4.52. The average Bonchev–Trinajstić information content (AvgIpc) is 4.11. The Morgan fingerprint density at radius 3 is 2.42 bits per heavy atom. The Hall–Kier alpha value is -5.20. The maximum atomic E-state index is 14.2. The van der Waals surface area contributed by atoms with E-state index in [9.17, 15) is 32.3 Å². The van der Waals surface area contributed by atoms with Gasteiger partial charge >= 0.3 is 12.1 Å². The zero-order valence-electron chi connectivity index (χ0n) is 36.9. The van der Waals surface area contributed by atoms with E-state index in [2.05, 4.69) is 42.4 Å². The van der Waals surface area contributed by atoms with Crippen LogP contribution in [0, 0.1) is 5.92 Å². The van der Waals surface area contributed by atoms with Gasteiger partial charge in [0, 0.05) is 41.2 Å². The summed E-state index contributed by atoms with van der Waals surface area (Å²) in [5, 5.41) is 14.9. The third-order valence-electron chi connectivity index (χ3n) is 12.0. The zero-order chi connectivity index (χ0) is 45.8. The minimum Gasteiger partial charge on any atom is -0.494 e. The standard InChI is InChI=1S/C46H59F3N8O6S/c1-5-56(27-29(2)51-42(60)33-21-19-32(20-22-33)40-54-45(63-55-40)46(47,48)49)23-10-7-11-25-62-35-17-12-16-34(26-35)39(58)36-28-64-43(52-36)37-18-13-24-57(37)44(61)38(31-14-8-6-9-15-31)53-41(59)30(3)50-4/h12,16-17,19-22,26,28-31,37-38,50H,5-11,13-15,18,23-25,27H2,1-4H3,(H,51,60)(H,53,59)/t29?,30?,37-,38?/m0/s1. The first-order valence-electron chi connectivity index (χ1n) is 22.3. The summed E-state index contributed by atoms with van der Waals surface area (Å²) in [7, 11) is 1.73. The van der Waals surface area contributed by atoms with Crippen molar-refractivity contribution >= 4 is 34.8 Å². The van der Waals surface area contributed by atoms with Crippen LogP contribution < -0.4 is 20.7 Å². The lowest BCUT2D eigenvalue weighted by atomic mass is 9.83. The molecule has 0 radical (unpaired) electrons. The molecule has 3 heterocycles. The monoisotopic (exact) mass is 908 g/mol. The summed E-state index contributed by atoms with van der Waals surface area (Å²) in [5.41, 5.74) is 1.45. The number of unbranched alkanes of at least 4 members (excludes halogenated alkanes) is 2. The van der Waals surface area contributed by atoms with Crippen molar-refractivity contribution in [3.05, 3.63) is 81.6 Å². The fraction of sp³-hybridized carbons (Fsp3) is 0.543. The lowest BCUT2D eigenvalue weighted by Gasteiger charge is -2.35. The van der Waals surface area contributed by atoms with Gasteiger partial charge in [0.15, 0.2) is 0 Å². The number of nitrogens with one attached hydrogen (secondary N) is 3. The molecule has 346 valence electrons. The van der Waals surface area contributed by atoms with Crippen molar-refractivity contribution in [1.29, 1.82) is 0 Å². The molecule has 18 heteroatoms. The molecule has 2 aliphatic rings. The third kappa shape index (κ3) is 12.7. The van der Waals surface area contributed by atoms with Gasteiger partial charge in [-0.15, -0.1) is 11.3 Å². The third-order valence-corrected chi connectivity index (χ3v) is 12.9. The number of amides is 3. The molecule has 3 N–H and O–H groups in total. The number of aromatic nitrogens is 3. The minimum absolute atomic E-state index is 0.0670. The van der Waals surface area contributed by atoms with Crippen LogP contribution in [0.3, 0.4) is 0 Å². The molecule has 0 spiro atoms. The van der Waals surface area contributed by atoms with Crippen LogP contribution in [0.4, 0.5) is 13.2 Å². The van der Waals surface area contributed by atoms with E-state index in [1.165, 1.54) is 35.6 Å². The fourth-order valence-electron chi connectivity index (χ4n) is 8.29. The predicted octanol–water partition coefficient (Wildman–Crippen LogP) is 7.47. The number of carbonyl (C=O) groups excluding carboxylic acids is 4. The van der Waals surface area contributed by atoms with E-state index in [4.69, 9.17) is 9.72 Å². The topological polar surface area (TPSA) is 172 Å². The van der Waals surface area contributed by atoms with Crippen LogP contribution >= 0.6 is 11.3 Å². The molecule has 4 aromatic rings. The van der Waals surface area contributed by atoms with Crippen LogP contribution in [0.1, 0.15) is 128 Å². The molecular formula is C46H59F3N8O6S. The Kier molecular flexibility index (Phi) is 17.1. The van der Waals surface area contributed by atoms with Crippen molar-refractivity contribution in [2.24, 2.45) is 5.92 Å². The number of alkyl halides is 3. The maximum Gasteiger partial charge on any atom is 0.471 e. The van der Waals surface area contributed by atoms with Gasteiger partial charge in [-0.05, 0) is 109 Å². The summed E-state index contributed by atoms with van der Waals surface area (Å²) in [4.78, 5) is 66.0. The normalized spacial score (nSPS) is 17.2. The van der Waals surface area contributed by atoms with Crippen molar-refractivity contribution in [3.63, 3.8) is 0 Å². The number of nitrogens with zero attached hydrogens (tertiary/aromatic N) is 5. The van der Waals surface area contributed by atoms with E-state index >= 15 is 0 Å². The summed E-state index contributed by atoms with van der Waals surface area (Å²) in [6, 6.07) is 11.6. The second-order valence-electron chi connectivity index (χ2n) is 16.7. The number of likely N-dealkylation sites (tertiary alicyclic amines) is 1. The van der Waals surface area contributed by atoms with Crippen LogP contribution in [0.2, 0.25) is 0 Å². The van der Waals surface area contributed by atoms with Gasteiger partial charge in [-0.3, -0.25) is 19.2 Å². The predicted molar refractivity (Wildman–Crippen MR) is 236 cm³/mol. The van der Waals surface area contributed by atoms with Crippen LogP contribution in [0.25, 0.3) is 11.4 Å². The molecule has 2 aromatic heterocycles. The van der Waals surface area contributed by atoms with Gasteiger partial charge < -0.3 is 35.0 Å². The number of halogens is 3. The highest BCUT2D eigenvalue weighted by atomic mass is 32.1. The molecule has 1 saturated heterocycles. The van der Waals surface area contributed by atoms with Crippen molar-refractivity contribution in [3.8, 4) is 17.1 Å². The van der Waals surface area contributed by atoms with Crippen LogP contribution in [0.5, 0.6) is 5.75 Å². The number of benzene rings is 2. The van der Waals surface area contributed by atoms with Crippen LogP contribution in [-0.2, 0) is 15.8 Å². The Balaban J connectivity index is 0.931. The highest BCUT2D eigenvalue weighted by molar-refractivity contribution is 7.10. The van der Waals surface area contributed by atoms with Crippen molar-refractivity contribution in [2.45, 2.75) is 115 Å². The van der Waals surface area contributed by atoms with E-state index in [0.717, 1.165) is 82.3 Å². The number of rotatable bonds is 21. The van der Waals surface area contributed by atoms with Crippen molar-refractivity contribution in [1.82, 2.24) is 40.9 Å². The van der Waals surface area contributed by atoms with Gasteiger partial charge in [-0.1, -0.05) is 55.6 Å². The van der Waals surface area contributed by atoms with E-state index in [1.54, 1.807) is 37.6 Å². The van der Waals surface area contributed by atoms with Gasteiger partial charge in [-0.2, -0.15) is 18.2 Å². The van der Waals surface area contributed by atoms with Crippen LogP contribution in [0.15, 0.2) is 58.4 Å². The number of hydrogen-bond donors (Lipinski definition) is 3. The molecule has 2 fully saturated rings. The Bertz CT molecular complexity index is 2180. The van der Waals surface area contributed by atoms with Gasteiger partial charge in [-0.25, -0.2) is 4.98 Å². The number of likely N-dealkylation sites (N-methyl/N-ethyl adjacent to an activating group) is 2. The van der Waals surface area contributed by atoms with Crippen molar-refractivity contribution < 1.29 is 41.6 Å². The number of ether oxygens (including phenoxy) is 1. The average molecular weight is 909 g/mol. The largest absolute Gasteiger partial charge is 0.494 e. The molecule has 0 bridgehead atoms. The number of hydrogen-bond acceptors (Lipinski definition) is 12. The first-order chi connectivity index (χ1) is 30.7. The van der Waals surface area contributed by atoms with Gasteiger partial charge in [0.25, 0.3) is 5.91 Å². The molecule has 4 atom stereocenters. The fourth-order valence-corrected chi connectivity index (χ4v) is 9.24. The Morgan fingerprint density at radius 2 is 1.72 bits per heavy atom. The molecule has 3 amide bonds. The van der Waals surface area contributed by atoms with E-state index in [0.29, 0.717) is 47.8 Å². The molecule has 64 heavy (non-hydrogen) atoms. The molecule has 1 aliphatic carbocycles. The van der Waals surface area contributed by atoms with Gasteiger partial charge in [0.2, 0.25) is 23.4 Å². The molecule has 1 saturated carbocycles. The summed E-state index contributed by atoms with van der Waals surface area (Å²) >= 11 is 1.39. The quantitative estimate of drug-likeness (QED) is 0.0560. The first-order valence-corrected chi connectivity index (χ1v) is 23.2. The molecule has 6 rings (SSSR count). The van der Waals surface area contributed by atoms with E-state index in [1.807, 2.05) is 17.9 Å². The molecule has 14 nitrogen and oxygen atoms in total. The Morgan fingerprint density at radius 1 is 0.953 bits per heavy atom. The second-order valence-corrected chi connectivity index (χ2v) is 17.6. The summed E-state index contributed by atoms with van der Waals surface area (Å²) in [6.45, 7) is 9.09. The molecule has 3 unspecified atom stereocenters.